The van der Waals surface area contributed by atoms with Crippen molar-refractivity contribution in [2.24, 2.45) is 5.92 Å². The van der Waals surface area contributed by atoms with Crippen molar-refractivity contribution >= 4 is 11.9 Å². The molecule has 0 aliphatic heterocycles. The van der Waals surface area contributed by atoms with E-state index in [2.05, 4.69) is 0 Å². The van der Waals surface area contributed by atoms with Gasteiger partial charge in [-0.2, -0.15) is 0 Å². The number of esters is 1. The van der Waals surface area contributed by atoms with Gasteiger partial charge in [0.25, 0.3) is 0 Å². The molecule has 0 heterocycles. The number of carboxylic acids is 1. The SMILES string of the molecule is CCC(C)OC(=O)C(CCc1ccccc1C)C(=O)O. The van der Waals surface area contributed by atoms with Crippen LogP contribution in [0.3, 0.4) is 0 Å². The van der Waals surface area contributed by atoms with E-state index in [1.165, 1.54) is 0 Å². The molecule has 1 rings (SSSR count). The van der Waals surface area contributed by atoms with Crippen LogP contribution in [0.2, 0.25) is 0 Å². The summed E-state index contributed by atoms with van der Waals surface area (Å²) in [6.07, 6.45) is 1.24. The summed E-state index contributed by atoms with van der Waals surface area (Å²) in [4.78, 5) is 23.1. The topological polar surface area (TPSA) is 63.6 Å². The van der Waals surface area contributed by atoms with Gasteiger partial charge in [-0.1, -0.05) is 31.2 Å². The molecular formula is C16H22O4. The lowest BCUT2D eigenvalue weighted by Crippen LogP contribution is -2.29. The lowest BCUT2D eigenvalue weighted by Gasteiger charge is -2.16. The van der Waals surface area contributed by atoms with Gasteiger partial charge < -0.3 is 9.84 Å². The number of rotatable bonds is 7. The molecule has 0 aromatic heterocycles. The van der Waals surface area contributed by atoms with E-state index >= 15 is 0 Å². The molecule has 2 unspecified atom stereocenters. The smallest absolute Gasteiger partial charge is 0.320 e. The number of aliphatic carboxylic acids is 1. The second-order valence-electron chi connectivity index (χ2n) is 5.01. The predicted octanol–water partition coefficient (Wildman–Crippen LogP) is 2.97. The normalized spacial score (nSPS) is 13.6. The lowest BCUT2D eigenvalue weighted by molar-refractivity contribution is -0.162. The monoisotopic (exact) mass is 278 g/mol. The molecule has 2 atom stereocenters. The third-order valence-corrected chi connectivity index (χ3v) is 3.44. The molecule has 20 heavy (non-hydrogen) atoms. The van der Waals surface area contributed by atoms with Crippen LogP contribution in [0.4, 0.5) is 0 Å². The Balaban J connectivity index is 2.66. The van der Waals surface area contributed by atoms with Gasteiger partial charge in [-0.25, -0.2) is 0 Å². The highest BCUT2D eigenvalue weighted by molar-refractivity contribution is 5.93. The maximum Gasteiger partial charge on any atom is 0.320 e. The Labute approximate surface area is 119 Å². The first-order valence-electron chi connectivity index (χ1n) is 6.93. The van der Waals surface area contributed by atoms with Gasteiger partial charge in [0, 0.05) is 0 Å². The number of carboxylic acid groups (broad SMARTS) is 1. The molecule has 110 valence electrons. The van der Waals surface area contributed by atoms with Crippen LogP contribution in [0.1, 0.15) is 37.8 Å². The molecule has 0 saturated heterocycles. The minimum atomic E-state index is -1.12. The fourth-order valence-electron chi connectivity index (χ4n) is 1.90. The number of benzene rings is 1. The number of aryl methyl sites for hydroxylation is 2. The molecular weight excluding hydrogens is 256 g/mol. The van der Waals surface area contributed by atoms with Gasteiger partial charge >= 0.3 is 11.9 Å². The van der Waals surface area contributed by atoms with Gasteiger partial charge in [0.15, 0.2) is 5.92 Å². The van der Waals surface area contributed by atoms with Crippen LogP contribution in [0, 0.1) is 12.8 Å². The quantitative estimate of drug-likeness (QED) is 0.615. The first-order valence-corrected chi connectivity index (χ1v) is 6.93. The molecule has 0 aliphatic rings. The van der Waals surface area contributed by atoms with Crippen LogP contribution in [-0.4, -0.2) is 23.1 Å². The lowest BCUT2D eigenvalue weighted by atomic mass is 9.97. The first kappa shape index (κ1) is 16.2. The van der Waals surface area contributed by atoms with Crippen molar-refractivity contribution in [3.63, 3.8) is 0 Å². The van der Waals surface area contributed by atoms with E-state index < -0.39 is 17.9 Å². The third-order valence-electron chi connectivity index (χ3n) is 3.44. The van der Waals surface area contributed by atoms with Gasteiger partial charge in [-0.05, 0) is 44.2 Å². The number of carbonyl (C=O) groups is 2. The molecule has 4 heteroatoms. The van der Waals surface area contributed by atoms with Crippen molar-refractivity contribution in [1.29, 1.82) is 0 Å². The van der Waals surface area contributed by atoms with Gasteiger partial charge in [0.2, 0.25) is 0 Å². The highest BCUT2D eigenvalue weighted by Crippen LogP contribution is 2.16. The Morgan fingerprint density at radius 2 is 1.95 bits per heavy atom. The van der Waals surface area contributed by atoms with E-state index in [9.17, 15) is 14.7 Å². The van der Waals surface area contributed by atoms with E-state index in [4.69, 9.17) is 4.74 Å². The molecule has 4 nitrogen and oxygen atoms in total. The van der Waals surface area contributed by atoms with Crippen LogP contribution < -0.4 is 0 Å². The number of hydrogen-bond donors (Lipinski definition) is 1. The van der Waals surface area contributed by atoms with Gasteiger partial charge in [0.1, 0.15) is 0 Å². The number of carbonyl (C=O) groups excluding carboxylic acids is 1. The minimum absolute atomic E-state index is 0.247. The second-order valence-corrected chi connectivity index (χ2v) is 5.01. The van der Waals surface area contributed by atoms with Crippen molar-refractivity contribution in [1.82, 2.24) is 0 Å². The first-order chi connectivity index (χ1) is 9.45. The Kier molecular flexibility index (Phi) is 6.22. The molecule has 0 spiro atoms. The Morgan fingerprint density at radius 3 is 2.50 bits per heavy atom. The molecule has 0 bridgehead atoms. The summed E-state index contributed by atoms with van der Waals surface area (Å²) in [6.45, 7) is 5.63. The highest BCUT2D eigenvalue weighted by Gasteiger charge is 2.28. The van der Waals surface area contributed by atoms with E-state index in [1.807, 2.05) is 38.1 Å². The molecule has 0 saturated carbocycles. The molecule has 1 aromatic carbocycles. The van der Waals surface area contributed by atoms with E-state index in [-0.39, 0.29) is 12.5 Å². The van der Waals surface area contributed by atoms with Crippen molar-refractivity contribution < 1.29 is 19.4 Å². The minimum Gasteiger partial charge on any atom is -0.481 e. The van der Waals surface area contributed by atoms with Crippen LogP contribution in [-0.2, 0) is 20.7 Å². The fourth-order valence-corrected chi connectivity index (χ4v) is 1.90. The van der Waals surface area contributed by atoms with Gasteiger partial charge in [-0.3, -0.25) is 9.59 Å². The molecule has 0 amide bonds. The largest absolute Gasteiger partial charge is 0.481 e. The predicted molar refractivity (Wildman–Crippen MR) is 76.5 cm³/mol. The molecule has 0 fully saturated rings. The molecule has 0 radical (unpaired) electrons. The average molecular weight is 278 g/mol. The maximum atomic E-state index is 11.9. The summed E-state index contributed by atoms with van der Waals surface area (Å²) in [5.41, 5.74) is 2.17. The standard InChI is InChI=1S/C16H22O4/c1-4-12(3)20-16(19)14(15(17)18)10-9-13-8-6-5-7-11(13)2/h5-8,12,14H,4,9-10H2,1-3H3,(H,17,18). The van der Waals surface area contributed by atoms with Crippen molar-refractivity contribution in [3.8, 4) is 0 Å². The maximum absolute atomic E-state index is 11.9. The Hall–Kier alpha value is -1.84. The Bertz CT molecular complexity index is 467. The zero-order valence-electron chi connectivity index (χ0n) is 12.3. The Morgan fingerprint density at radius 1 is 1.30 bits per heavy atom. The van der Waals surface area contributed by atoms with E-state index in [0.29, 0.717) is 12.8 Å². The zero-order valence-corrected chi connectivity index (χ0v) is 12.3. The summed E-state index contributed by atoms with van der Waals surface area (Å²) >= 11 is 0. The fraction of sp³-hybridized carbons (Fsp3) is 0.500. The average Bonchev–Trinajstić information content (AvgIpc) is 2.40. The zero-order chi connectivity index (χ0) is 15.1. The van der Waals surface area contributed by atoms with Crippen molar-refractivity contribution in [2.75, 3.05) is 0 Å². The summed E-state index contributed by atoms with van der Waals surface area (Å²) in [5, 5.41) is 9.18. The van der Waals surface area contributed by atoms with Crippen LogP contribution in [0.5, 0.6) is 0 Å². The summed E-state index contributed by atoms with van der Waals surface area (Å²) in [7, 11) is 0. The third kappa shape index (κ3) is 4.68. The molecule has 0 aliphatic carbocycles. The van der Waals surface area contributed by atoms with E-state index in [1.54, 1.807) is 6.92 Å². The highest BCUT2D eigenvalue weighted by atomic mass is 16.5. The number of hydrogen-bond acceptors (Lipinski definition) is 3. The van der Waals surface area contributed by atoms with E-state index in [0.717, 1.165) is 11.1 Å². The summed E-state index contributed by atoms with van der Waals surface area (Å²) < 4.78 is 5.12. The van der Waals surface area contributed by atoms with Gasteiger partial charge in [-0.15, -0.1) is 0 Å². The van der Waals surface area contributed by atoms with Gasteiger partial charge in [0.05, 0.1) is 6.10 Å². The van der Waals surface area contributed by atoms with Crippen molar-refractivity contribution in [3.05, 3.63) is 35.4 Å². The van der Waals surface area contributed by atoms with Crippen LogP contribution in [0.25, 0.3) is 0 Å². The summed E-state index contributed by atoms with van der Waals surface area (Å²) in [6, 6.07) is 7.77. The molecule has 1 N–H and O–H groups in total. The molecule has 1 aromatic rings. The van der Waals surface area contributed by atoms with Crippen LogP contribution in [0.15, 0.2) is 24.3 Å². The second kappa shape index (κ2) is 7.68. The summed E-state index contributed by atoms with van der Waals surface area (Å²) in [5.74, 6) is -2.85. The van der Waals surface area contributed by atoms with Crippen LogP contribution >= 0.6 is 0 Å². The number of ether oxygens (including phenoxy) is 1. The van der Waals surface area contributed by atoms with Crippen molar-refractivity contribution in [2.45, 2.75) is 46.1 Å².